The minimum absolute atomic E-state index is 0.00606. The van der Waals surface area contributed by atoms with Gasteiger partial charge in [0.15, 0.2) is 11.5 Å². The highest BCUT2D eigenvalue weighted by Gasteiger charge is 2.37. The van der Waals surface area contributed by atoms with Gasteiger partial charge in [-0.3, -0.25) is 9.20 Å². The van der Waals surface area contributed by atoms with Crippen LogP contribution in [0.4, 0.5) is 13.2 Å². The van der Waals surface area contributed by atoms with Gasteiger partial charge in [0.05, 0.1) is 18.0 Å². The van der Waals surface area contributed by atoms with Gasteiger partial charge in [-0.25, -0.2) is 0 Å². The van der Waals surface area contributed by atoms with E-state index in [0.29, 0.717) is 12.1 Å². The van der Waals surface area contributed by atoms with Gasteiger partial charge in [-0.1, -0.05) is 12.8 Å². The van der Waals surface area contributed by atoms with Crippen LogP contribution in [0.5, 0.6) is 0 Å². The van der Waals surface area contributed by atoms with E-state index < -0.39 is 17.3 Å². The van der Waals surface area contributed by atoms with E-state index >= 15 is 0 Å². The van der Waals surface area contributed by atoms with Crippen molar-refractivity contribution >= 4 is 11.6 Å². The molecule has 136 valence electrons. The Balaban J connectivity index is 1.76. The Morgan fingerprint density at radius 1 is 1.40 bits per heavy atom. The van der Waals surface area contributed by atoms with Gasteiger partial charge in [-0.15, -0.1) is 10.2 Å². The summed E-state index contributed by atoms with van der Waals surface area (Å²) in [6, 6.07) is 2.20. The highest BCUT2D eigenvalue weighted by molar-refractivity contribution is 5.80. The SMILES string of the molecule is CC1(N)CCCCC1C(=O)NCc1nnc2ccc(C(F)(F)F)cn12. The third kappa shape index (κ3) is 3.60. The lowest BCUT2D eigenvalue weighted by molar-refractivity contribution is -0.138. The molecule has 25 heavy (non-hydrogen) atoms. The molecule has 0 radical (unpaired) electrons. The van der Waals surface area contributed by atoms with E-state index in [2.05, 4.69) is 15.5 Å². The second-order valence-corrected chi connectivity index (χ2v) is 6.78. The van der Waals surface area contributed by atoms with Crippen molar-refractivity contribution in [1.29, 1.82) is 0 Å². The summed E-state index contributed by atoms with van der Waals surface area (Å²) in [4.78, 5) is 12.4. The van der Waals surface area contributed by atoms with Crippen molar-refractivity contribution in [2.24, 2.45) is 11.7 Å². The molecule has 0 aromatic carbocycles. The Bertz CT molecular complexity index is 784. The molecule has 2 aromatic rings. The zero-order chi connectivity index (χ0) is 18.2. The molecule has 0 saturated heterocycles. The number of nitrogens with one attached hydrogen (secondary N) is 1. The number of pyridine rings is 1. The molecule has 2 heterocycles. The van der Waals surface area contributed by atoms with Crippen LogP contribution in [0.3, 0.4) is 0 Å². The first-order chi connectivity index (χ1) is 11.7. The standard InChI is InChI=1S/C16H20F3N5O/c1-15(20)7-3-2-4-11(15)14(25)21-8-13-23-22-12-6-5-10(9-24(12)13)16(17,18)19/h5-6,9,11H,2-4,7-8,20H2,1H3,(H,21,25). The van der Waals surface area contributed by atoms with E-state index in [4.69, 9.17) is 5.73 Å². The van der Waals surface area contributed by atoms with Crippen molar-refractivity contribution in [1.82, 2.24) is 19.9 Å². The van der Waals surface area contributed by atoms with E-state index in [1.165, 1.54) is 10.5 Å². The summed E-state index contributed by atoms with van der Waals surface area (Å²) in [6.07, 6.45) is -0.113. The number of halogens is 3. The third-order valence-corrected chi connectivity index (χ3v) is 4.79. The molecule has 2 unspecified atom stereocenters. The maximum Gasteiger partial charge on any atom is 0.417 e. The van der Waals surface area contributed by atoms with Gasteiger partial charge < -0.3 is 11.1 Å². The van der Waals surface area contributed by atoms with Gasteiger partial charge in [-0.05, 0) is 31.9 Å². The topological polar surface area (TPSA) is 85.3 Å². The summed E-state index contributed by atoms with van der Waals surface area (Å²) < 4.78 is 39.8. The zero-order valence-electron chi connectivity index (χ0n) is 13.8. The maximum absolute atomic E-state index is 12.9. The number of amides is 1. The Morgan fingerprint density at radius 3 is 2.84 bits per heavy atom. The van der Waals surface area contributed by atoms with Crippen LogP contribution in [-0.2, 0) is 17.5 Å². The Labute approximate surface area is 142 Å². The van der Waals surface area contributed by atoms with Gasteiger partial charge in [0.2, 0.25) is 5.91 Å². The minimum atomic E-state index is -4.46. The number of hydrogen-bond donors (Lipinski definition) is 2. The first kappa shape index (κ1) is 17.7. The van der Waals surface area contributed by atoms with Crippen molar-refractivity contribution in [3.05, 3.63) is 29.7 Å². The predicted molar refractivity (Wildman–Crippen MR) is 84.4 cm³/mol. The molecule has 9 heteroatoms. The summed E-state index contributed by atoms with van der Waals surface area (Å²) in [7, 11) is 0. The lowest BCUT2D eigenvalue weighted by Crippen LogP contribution is -2.52. The number of nitrogens with two attached hydrogens (primary N) is 1. The molecular formula is C16H20F3N5O. The number of carbonyl (C=O) groups is 1. The monoisotopic (exact) mass is 355 g/mol. The molecule has 0 spiro atoms. The molecule has 2 atom stereocenters. The Hall–Kier alpha value is -2.16. The average Bonchev–Trinajstić information content (AvgIpc) is 2.93. The van der Waals surface area contributed by atoms with Crippen molar-refractivity contribution in [3.8, 4) is 0 Å². The van der Waals surface area contributed by atoms with E-state index in [9.17, 15) is 18.0 Å². The number of fused-ring (bicyclic) bond motifs is 1. The number of alkyl halides is 3. The number of aromatic nitrogens is 3. The second-order valence-electron chi connectivity index (χ2n) is 6.78. The lowest BCUT2D eigenvalue weighted by atomic mass is 9.74. The van der Waals surface area contributed by atoms with Crippen LogP contribution in [0.15, 0.2) is 18.3 Å². The number of nitrogens with zero attached hydrogens (tertiary/aromatic N) is 3. The van der Waals surface area contributed by atoms with Gasteiger partial charge in [0.1, 0.15) is 0 Å². The minimum Gasteiger partial charge on any atom is -0.348 e. The molecule has 2 aromatic heterocycles. The van der Waals surface area contributed by atoms with E-state index in [-0.39, 0.29) is 24.2 Å². The Morgan fingerprint density at radius 2 is 2.16 bits per heavy atom. The van der Waals surface area contributed by atoms with Crippen molar-refractivity contribution < 1.29 is 18.0 Å². The Kier molecular flexibility index (Phi) is 4.44. The summed E-state index contributed by atoms with van der Waals surface area (Å²) >= 11 is 0. The van der Waals surface area contributed by atoms with Crippen LogP contribution in [0.1, 0.15) is 44.0 Å². The van der Waals surface area contributed by atoms with Crippen LogP contribution < -0.4 is 11.1 Å². The highest BCUT2D eigenvalue weighted by Crippen LogP contribution is 2.32. The summed E-state index contributed by atoms with van der Waals surface area (Å²) in [5.41, 5.74) is 5.13. The fourth-order valence-electron chi connectivity index (χ4n) is 3.30. The van der Waals surface area contributed by atoms with E-state index in [0.717, 1.165) is 31.5 Å². The van der Waals surface area contributed by atoms with Crippen molar-refractivity contribution in [3.63, 3.8) is 0 Å². The molecule has 1 aliphatic rings. The molecule has 0 bridgehead atoms. The van der Waals surface area contributed by atoms with Gasteiger partial charge in [0.25, 0.3) is 0 Å². The van der Waals surface area contributed by atoms with Crippen LogP contribution in [-0.4, -0.2) is 26.0 Å². The molecule has 3 rings (SSSR count). The van der Waals surface area contributed by atoms with Gasteiger partial charge >= 0.3 is 6.18 Å². The number of rotatable bonds is 3. The molecule has 1 fully saturated rings. The average molecular weight is 355 g/mol. The smallest absolute Gasteiger partial charge is 0.348 e. The van der Waals surface area contributed by atoms with Crippen LogP contribution >= 0.6 is 0 Å². The first-order valence-electron chi connectivity index (χ1n) is 8.16. The molecular weight excluding hydrogens is 335 g/mol. The molecule has 6 nitrogen and oxygen atoms in total. The van der Waals surface area contributed by atoms with Gasteiger partial charge in [0, 0.05) is 11.7 Å². The predicted octanol–water partition coefficient (Wildman–Crippen LogP) is 2.27. The van der Waals surface area contributed by atoms with Crippen LogP contribution in [0.25, 0.3) is 5.65 Å². The maximum atomic E-state index is 12.9. The molecule has 0 aliphatic heterocycles. The number of carbonyl (C=O) groups excluding carboxylic acids is 1. The van der Waals surface area contributed by atoms with Crippen LogP contribution in [0, 0.1) is 5.92 Å². The highest BCUT2D eigenvalue weighted by atomic mass is 19.4. The molecule has 1 saturated carbocycles. The summed E-state index contributed by atoms with van der Waals surface area (Å²) in [5.74, 6) is -0.274. The molecule has 1 aliphatic carbocycles. The quantitative estimate of drug-likeness (QED) is 0.884. The van der Waals surface area contributed by atoms with Crippen LogP contribution in [0.2, 0.25) is 0 Å². The molecule has 1 amide bonds. The van der Waals surface area contributed by atoms with E-state index in [1.807, 2.05) is 6.92 Å². The third-order valence-electron chi connectivity index (χ3n) is 4.79. The summed E-state index contributed by atoms with van der Waals surface area (Å²) in [5, 5.41) is 10.4. The molecule has 3 N–H and O–H groups in total. The van der Waals surface area contributed by atoms with Gasteiger partial charge in [-0.2, -0.15) is 13.2 Å². The van der Waals surface area contributed by atoms with Crippen molar-refractivity contribution in [2.45, 2.75) is 50.9 Å². The summed E-state index contributed by atoms with van der Waals surface area (Å²) in [6.45, 7) is 1.85. The normalized spacial score (nSPS) is 24.4. The zero-order valence-corrected chi connectivity index (χ0v) is 13.8. The first-order valence-corrected chi connectivity index (χ1v) is 8.16. The largest absolute Gasteiger partial charge is 0.417 e. The van der Waals surface area contributed by atoms with E-state index in [1.54, 1.807) is 0 Å². The van der Waals surface area contributed by atoms with Crippen molar-refractivity contribution in [2.75, 3.05) is 0 Å². The lowest BCUT2D eigenvalue weighted by Gasteiger charge is -2.37. The fraction of sp³-hybridized carbons (Fsp3) is 0.562. The fourth-order valence-corrected chi connectivity index (χ4v) is 3.30. The number of hydrogen-bond acceptors (Lipinski definition) is 4. The second kappa shape index (κ2) is 6.29.